The molecule has 0 heterocycles. The van der Waals surface area contributed by atoms with Crippen molar-refractivity contribution < 1.29 is 5.11 Å². The first-order valence-electron chi connectivity index (χ1n) is 5.16. The summed E-state index contributed by atoms with van der Waals surface area (Å²) in [5.41, 5.74) is 1.30. The SMILES string of the molecule is C/C=C\CC(O)CCc1ccccc1. The summed E-state index contributed by atoms with van der Waals surface area (Å²) in [6.45, 7) is 1.98. The summed E-state index contributed by atoms with van der Waals surface area (Å²) in [6, 6.07) is 10.3. The molecule has 0 aliphatic heterocycles. The maximum atomic E-state index is 9.59. The molecule has 1 aromatic carbocycles. The minimum Gasteiger partial charge on any atom is -0.393 e. The Kier molecular flexibility index (Phi) is 5.02. The molecule has 76 valence electrons. The highest BCUT2D eigenvalue weighted by molar-refractivity contribution is 5.14. The van der Waals surface area contributed by atoms with Gasteiger partial charge in [-0.1, -0.05) is 42.5 Å². The molecule has 0 fully saturated rings. The van der Waals surface area contributed by atoms with E-state index in [1.165, 1.54) is 5.56 Å². The quantitative estimate of drug-likeness (QED) is 0.708. The van der Waals surface area contributed by atoms with Gasteiger partial charge in [0.05, 0.1) is 6.10 Å². The van der Waals surface area contributed by atoms with Crippen molar-refractivity contribution in [3.05, 3.63) is 48.0 Å². The molecule has 0 aromatic heterocycles. The Hall–Kier alpha value is -1.08. The van der Waals surface area contributed by atoms with E-state index in [4.69, 9.17) is 0 Å². The van der Waals surface area contributed by atoms with E-state index in [0.717, 1.165) is 19.3 Å². The average molecular weight is 190 g/mol. The van der Waals surface area contributed by atoms with Gasteiger partial charge < -0.3 is 5.11 Å². The molecule has 1 unspecified atom stereocenters. The Morgan fingerprint density at radius 3 is 2.64 bits per heavy atom. The van der Waals surface area contributed by atoms with Crippen LogP contribution in [-0.4, -0.2) is 11.2 Å². The first kappa shape index (κ1) is 11.0. The molecule has 0 spiro atoms. The molecular weight excluding hydrogens is 172 g/mol. The van der Waals surface area contributed by atoms with Crippen molar-refractivity contribution in [2.75, 3.05) is 0 Å². The first-order chi connectivity index (χ1) is 6.83. The lowest BCUT2D eigenvalue weighted by molar-refractivity contribution is 0.168. The zero-order valence-corrected chi connectivity index (χ0v) is 8.69. The highest BCUT2D eigenvalue weighted by atomic mass is 16.3. The standard InChI is InChI=1S/C13H18O/c1-2-3-9-13(14)11-10-12-7-5-4-6-8-12/h2-8,13-14H,9-11H2,1H3/b3-2-. The van der Waals surface area contributed by atoms with Crippen LogP contribution in [0.15, 0.2) is 42.5 Å². The number of hydrogen-bond acceptors (Lipinski definition) is 1. The van der Waals surface area contributed by atoms with Crippen molar-refractivity contribution >= 4 is 0 Å². The fraction of sp³-hybridized carbons (Fsp3) is 0.385. The van der Waals surface area contributed by atoms with Gasteiger partial charge >= 0.3 is 0 Å². The summed E-state index contributed by atoms with van der Waals surface area (Å²) >= 11 is 0. The molecule has 1 atom stereocenters. The monoisotopic (exact) mass is 190 g/mol. The summed E-state index contributed by atoms with van der Waals surface area (Å²) < 4.78 is 0. The molecule has 0 saturated heterocycles. The van der Waals surface area contributed by atoms with Crippen molar-refractivity contribution in [1.82, 2.24) is 0 Å². The van der Waals surface area contributed by atoms with Gasteiger partial charge in [0.25, 0.3) is 0 Å². The van der Waals surface area contributed by atoms with Crippen LogP contribution in [0.25, 0.3) is 0 Å². The summed E-state index contributed by atoms with van der Waals surface area (Å²) in [5.74, 6) is 0. The summed E-state index contributed by atoms with van der Waals surface area (Å²) in [6.07, 6.45) is 6.35. The van der Waals surface area contributed by atoms with Gasteiger partial charge in [-0.2, -0.15) is 0 Å². The molecule has 1 aromatic rings. The number of aryl methyl sites for hydroxylation is 1. The molecular formula is C13H18O. The van der Waals surface area contributed by atoms with Crippen LogP contribution in [0, 0.1) is 0 Å². The second kappa shape index (κ2) is 6.39. The smallest absolute Gasteiger partial charge is 0.0577 e. The second-order valence-electron chi connectivity index (χ2n) is 3.48. The normalized spacial score (nSPS) is 13.3. The molecule has 0 aliphatic rings. The van der Waals surface area contributed by atoms with E-state index in [1.807, 2.05) is 37.3 Å². The van der Waals surface area contributed by atoms with Gasteiger partial charge in [0.15, 0.2) is 0 Å². The van der Waals surface area contributed by atoms with Crippen LogP contribution in [-0.2, 0) is 6.42 Å². The molecule has 1 rings (SSSR count). The van der Waals surface area contributed by atoms with Gasteiger partial charge in [0, 0.05) is 0 Å². The van der Waals surface area contributed by atoms with E-state index in [0.29, 0.717) is 0 Å². The number of allylic oxidation sites excluding steroid dienone is 1. The van der Waals surface area contributed by atoms with E-state index in [2.05, 4.69) is 12.1 Å². The molecule has 0 radical (unpaired) electrons. The molecule has 0 bridgehead atoms. The van der Waals surface area contributed by atoms with Crippen LogP contribution in [0.5, 0.6) is 0 Å². The van der Waals surface area contributed by atoms with Crippen molar-refractivity contribution in [2.45, 2.75) is 32.3 Å². The predicted molar refractivity (Wildman–Crippen MR) is 60.2 cm³/mol. The van der Waals surface area contributed by atoms with Gasteiger partial charge in [-0.25, -0.2) is 0 Å². The Balaban J connectivity index is 2.27. The third-order valence-electron chi connectivity index (χ3n) is 2.25. The van der Waals surface area contributed by atoms with E-state index in [1.54, 1.807) is 0 Å². The van der Waals surface area contributed by atoms with E-state index >= 15 is 0 Å². The Labute approximate surface area is 86.1 Å². The lowest BCUT2D eigenvalue weighted by Crippen LogP contribution is -2.06. The van der Waals surface area contributed by atoms with Gasteiger partial charge in [0.2, 0.25) is 0 Å². The van der Waals surface area contributed by atoms with Crippen LogP contribution in [0.4, 0.5) is 0 Å². The minimum absolute atomic E-state index is 0.202. The van der Waals surface area contributed by atoms with Crippen LogP contribution in [0.1, 0.15) is 25.3 Å². The summed E-state index contributed by atoms with van der Waals surface area (Å²) in [5, 5.41) is 9.59. The van der Waals surface area contributed by atoms with Gasteiger partial charge in [-0.15, -0.1) is 0 Å². The van der Waals surface area contributed by atoms with Crippen LogP contribution >= 0.6 is 0 Å². The summed E-state index contributed by atoms with van der Waals surface area (Å²) in [7, 11) is 0. The molecule has 1 heteroatoms. The maximum Gasteiger partial charge on any atom is 0.0577 e. The highest BCUT2D eigenvalue weighted by Gasteiger charge is 2.01. The number of hydrogen-bond donors (Lipinski definition) is 1. The third kappa shape index (κ3) is 4.24. The van der Waals surface area contributed by atoms with Crippen LogP contribution in [0.2, 0.25) is 0 Å². The Bertz CT molecular complexity index is 264. The van der Waals surface area contributed by atoms with Gasteiger partial charge in [0.1, 0.15) is 0 Å². The molecule has 0 amide bonds. The number of rotatable bonds is 5. The molecule has 0 saturated carbocycles. The molecule has 14 heavy (non-hydrogen) atoms. The number of benzene rings is 1. The lowest BCUT2D eigenvalue weighted by Gasteiger charge is -2.07. The van der Waals surface area contributed by atoms with E-state index in [-0.39, 0.29) is 6.10 Å². The second-order valence-corrected chi connectivity index (χ2v) is 3.48. The third-order valence-corrected chi connectivity index (χ3v) is 2.25. The topological polar surface area (TPSA) is 20.2 Å². The summed E-state index contributed by atoms with van der Waals surface area (Å²) in [4.78, 5) is 0. The fourth-order valence-corrected chi connectivity index (χ4v) is 1.39. The predicted octanol–water partition coefficient (Wildman–Crippen LogP) is 2.95. The maximum absolute atomic E-state index is 9.59. The highest BCUT2D eigenvalue weighted by Crippen LogP contribution is 2.07. The van der Waals surface area contributed by atoms with E-state index < -0.39 is 0 Å². The van der Waals surface area contributed by atoms with Gasteiger partial charge in [-0.05, 0) is 31.7 Å². The largest absolute Gasteiger partial charge is 0.393 e. The van der Waals surface area contributed by atoms with Crippen LogP contribution < -0.4 is 0 Å². The fourth-order valence-electron chi connectivity index (χ4n) is 1.39. The number of aliphatic hydroxyl groups excluding tert-OH is 1. The lowest BCUT2D eigenvalue weighted by atomic mass is 10.1. The van der Waals surface area contributed by atoms with Crippen molar-refractivity contribution in [1.29, 1.82) is 0 Å². The molecule has 0 aliphatic carbocycles. The van der Waals surface area contributed by atoms with Crippen molar-refractivity contribution in [3.8, 4) is 0 Å². The average Bonchev–Trinajstić information content (AvgIpc) is 2.25. The first-order valence-corrected chi connectivity index (χ1v) is 5.16. The van der Waals surface area contributed by atoms with Gasteiger partial charge in [-0.3, -0.25) is 0 Å². The molecule has 1 nitrogen and oxygen atoms in total. The van der Waals surface area contributed by atoms with Crippen molar-refractivity contribution in [3.63, 3.8) is 0 Å². The Morgan fingerprint density at radius 2 is 2.00 bits per heavy atom. The Morgan fingerprint density at radius 1 is 1.29 bits per heavy atom. The zero-order valence-electron chi connectivity index (χ0n) is 8.69. The minimum atomic E-state index is -0.202. The van der Waals surface area contributed by atoms with Crippen molar-refractivity contribution in [2.24, 2.45) is 0 Å². The number of aliphatic hydroxyl groups is 1. The van der Waals surface area contributed by atoms with E-state index in [9.17, 15) is 5.11 Å². The van der Waals surface area contributed by atoms with Crippen LogP contribution in [0.3, 0.4) is 0 Å². The zero-order chi connectivity index (χ0) is 10.2. The molecule has 1 N–H and O–H groups in total.